The topological polar surface area (TPSA) is 301 Å². The molecule has 20 rings (SSSR count). The molecule has 4 aromatic carbocycles. The number of carbonyl (C=O) groups excluding carboxylic acids is 6. The van der Waals surface area contributed by atoms with Gasteiger partial charge >= 0.3 is 0 Å². The minimum absolute atomic E-state index is 0.00756. The van der Waals surface area contributed by atoms with Crippen molar-refractivity contribution in [2.24, 2.45) is 20.0 Å². The molecule has 8 aromatic heterocycles. The van der Waals surface area contributed by atoms with Gasteiger partial charge in [0.15, 0.2) is 23.3 Å². The lowest BCUT2D eigenvalue weighted by Gasteiger charge is -2.35. The summed E-state index contributed by atoms with van der Waals surface area (Å²) in [6.45, 7) is 45.9. The summed E-state index contributed by atoms with van der Waals surface area (Å²) in [5.41, 5.74) is 16.3. The van der Waals surface area contributed by atoms with Gasteiger partial charge in [0, 0.05) is 202 Å². The zero-order chi connectivity index (χ0) is 99.1. The van der Waals surface area contributed by atoms with Gasteiger partial charge < -0.3 is 39.2 Å². The van der Waals surface area contributed by atoms with E-state index in [1.807, 2.05) is 168 Å². The number of aryl methyl sites for hydroxylation is 8. The second-order valence-electron chi connectivity index (χ2n) is 36.3. The summed E-state index contributed by atoms with van der Waals surface area (Å²) >= 11 is 31.6. The highest BCUT2D eigenvalue weighted by molar-refractivity contribution is 7.16. The summed E-state index contributed by atoms with van der Waals surface area (Å²) in [5, 5.41) is 42.3. The molecule has 8 aliphatic heterocycles. The van der Waals surface area contributed by atoms with Gasteiger partial charge in [-0.15, -0.1) is 86.1 Å². The van der Waals surface area contributed by atoms with Gasteiger partial charge in [0.05, 0.1) is 48.5 Å². The predicted molar refractivity (Wildman–Crippen MR) is 556 cm³/mol. The first-order chi connectivity index (χ1) is 67.3. The summed E-state index contributed by atoms with van der Waals surface area (Å²) in [6.07, 6.45) is 1.88. The summed E-state index contributed by atoms with van der Waals surface area (Å²) in [5.74, 6) is 6.45. The molecular weight excluding hydrogens is 1930 g/mol. The minimum atomic E-state index is -0.487. The maximum Gasteiger partial charge on any atom is 0.225 e. The van der Waals surface area contributed by atoms with E-state index in [2.05, 4.69) is 138 Å². The standard InChI is InChI=1S/2C26H29ClN6O2S.2C25H29ClN6OS/c2*1-5-21(34)31-10-12-32(13-11-31)22(35)14-20-25-30-29-17(4)33(25)26-23(15(2)16(3)36-26)24(28-20)18-6-8-19(27)9-7-18;2*1-5-30-10-12-31(13-11-30)21(33)14-20-24-29-28-17(4)32(24)25-22(15(2)16(3)34-25)23(27-20)18-6-8-19(26)9-7-18/h2*6-9,20H,5,10-14H2,1-4H3;2*6-9,20H,5,10-14H2,1-4H3/t4*20-/m0000/s1. The molecule has 0 unspecified atom stereocenters. The van der Waals surface area contributed by atoms with E-state index < -0.39 is 24.2 Å². The SMILES string of the molecule is CCC(=O)N1CCN(C(=O)C[C@@H]2N=C(c3ccc(Cl)cc3)c3c(sc(C)c3C)-n3c(C)nnc32)CC1.CCC(=O)N1CCN(C(=O)C[C@@H]2N=C(c3ccc(Cl)cc3)c3c(sc(C)c3C)-n3c(C)nnc32)CC1.CCN1CCN(C(=O)C[C@@H]2N=C(c3ccc(Cl)cc3)c3c(sc(C)c3C)-n3c(C)nnc32)CC1.CCN1CCN(C(=O)C[C@@H]2N=C(c3ccc(Cl)cc3)c3c(sc(C)c3C)-n3c(C)nnc32)CC1. The van der Waals surface area contributed by atoms with Crippen molar-refractivity contribution in [1.82, 2.24) is 98.3 Å². The Kier molecular flexibility index (Phi) is 30.8. The van der Waals surface area contributed by atoms with Crippen molar-refractivity contribution in [2.45, 2.75) is 173 Å². The number of aliphatic imine (C=N–C) groups is 4. The van der Waals surface area contributed by atoms with Crippen LogP contribution in [0.15, 0.2) is 117 Å². The summed E-state index contributed by atoms with van der Waals surface area (Å²) in [6, 6.07) is 29.1. The van der Waals surface area contributed by atoms with Crippen LogP contribution in [0.4, 0.5) is 0 Å². The van der Waals surface area contributed by atoms with E-state index >= 15 is 0 Å². The van der Waals surface area contributed by atoms with E-state index in [1.54, 1.807) is 45.3 Å². The normalized spacial score (nSPS) is 17.8. The first kappa shape index (κ1) is 100. The number of rotatable bonds is 16. The van der Waals surface area contributed by atoms with Crippen LogP contribution in [0.2, 0.25) is 20.1 Å². The molecule has 0 radical (unpaired) electrons. The van der Waals surface area contributed by atoms with Crippen LogP contribution in [-0.2, 0) is 28.8 Å². The van der Waals surface area contributed by atoms with Crippen LogP contribution in [0.3, 0.4) is 0 Å². The molecule has 38 heteroatoms. The molecule has 4 saturated heterocycles. The van der Waals surface area contributed by atoms with Crippen molar-refractivity contribution in [3.63, 3.8) is 0 Å². The Hall–Kier alpha value is -11.2. The Morgan fingerprint density at radius 3 is 0.643 bits per heavy atom. The minimum Gasteiger partial charge on any atom is -0.340 e. The van der Waals surface area contributed by atoms with Crippen LogP contribution in [0, 0.1) is 83.1 Å². The molecule has 0 saturated carbocycles. The second kappa shape index (κ2) is 42.9. The van der Waals surface area contributed by atoms with Crippen molar-refractivity contribution in [3.05, 3.63) is 250 Å². The Balaban J connectivity index is 0.000000129. The number of hydrogen-bond acceptors (Lipinski definition) is 24. The quantitative estimate of drug-likeness (QED) is 0.0868. The van der Waals surface area contributed by atoms with Crippen LogP contribution >= 0.6 is 91.8 Å². The van der Waals surface area contributed by atoms with Crippen LogP contribution in [-0.4, -0.2) is 274 Å². The van der Waals surface area contributed by atoms with E-state index in [4.69, 9.17) is 66.4 Å². The molecule has 6 amide bonds. The molecule has 0 N–H and O–H groups in total. The van der Waals surface area contributed by atoms with Crippen molar-refractivity contribution >= 4 is 150 Å². The van der Waals surface area contributed by atoms with Gasteiger partial charge in [0.2, 0.25) is 35.4 Å². The number of aromatic nitrogens is 12. The first-order valence-corrected chi connectivity index (χ1v) is 52.6. The number of benzene rings is 4. The third-order valence-electron chi connectivity index (χ3n) is 27.8. The average molecular weight is 2040 g/mol. The zero-order valence-electron chi connectivity index (χ0n) is 81.8. The van der Waals surface area contributed by atoms with Crippen LogP contribution in [0.1, 0.15) is 223 Å². The number of amides is 6. The predicted octanol–water partition coefficient (Wildman–Crippen LogP) is 17.2. The van der Waals surface area contributed by atoms with Crippen LogP contribution in [0.25, 0.3) is 20.0 Å². The number of piperazine rings is 4. The summed E-state index contributed by atoms with van der Waals surface area (Å²) in [7, 11) is 0. The molecule has 30 nitrogen and oxygen atoms in total. The Bertz CT molecular complexity index is 6420. The van der Waals surface area contributed by atoms with Gasteiger partial charge in [0.1, 0.15) is 67.5 Å². The maximum atomic E-state index is 13.4. The molecule has 4 atom stereocenters. The summed E-state index contributed by atoms with van der Waals surface area (Å²) in [4.78, 5) is 119. The van der Waals surface area contributed by atoms with E-state index in [-0.39, 0.29) is 61.1 Å². The molecule has 8 aliphatic rings. The van der Waals surface area contributed by atoms with Crippen molar-refractivity contribution < 1.29 is 28.8 Å². The lowest BCUT2D eigenvalue weighted by Crippen LogP contribution is -2.50. The molecule has 0 spiro atoms. The van der Waals surface area contributed by atoms with E-state index in [9.17, 15) is 28.8 Å². The van der Waals surface area contributed by atoms with E-state index in [1.165, 1.54) is 30.6 Å². The number of carbonyl (C=O) groups is 6. The Labute approximate surface area is 851 Å². The number of halogens is 4. The molecule has 0 aliphatic carbocycles. The smallest absolute Gasteiger partial charge is 0.225 e. The fourth-order valence-corrected chi connectivity index (χ4v) is 24.6. The fraction of sp³-hybridized carbons (Fsp3) is 0.431. The monoisotopic (exact) mass is 2040 g/mol. The van der Waals surface area contributed by atoms with Crippen LogP contribution < -0.4 is 0 Å². The van der Waals surface area contributed by atoms with Gasteiger partial charge in [-0.05, 0) is 167 Å². The van der Waals surface area contributed by atoms with E-state index in [0.29, 0.717) is 96.9 Å². The van der Waals surface area contributed by atoms with Gasteiger partial charge in [-0.1, -0.05) is 123 Å². The number of hydrogen-bond donors (Lipinski definition) is 0. The second-order valence-corrected chi connectivity index (χ2v) is 42.9. The number of fused-ring (bicyclic) bond motifs is 12. The first-order valence-electron chi connectivity index (χ1n) is 47.9. The van der Waals surface area contributed by atoms with Crippen molar-refractivity contribution in [3.8, 4) is 20.0 Å². The molecule has 4 fully saturated rings. The van der Waals surface area contributed by atoms with Crippen molar-refractivity contribution in [1.29, 1.82) is 0 Å². The fourth-order valence-electron chi connectivity index (χ4n) is 19.2. The van der Waals surface area contributed by atoms with Gasteiger partial charge in [-0.2, -0.15) is 0 Å². The average Bonchev–Trinajstić information content (AvgIpc) is 1.60. The van der Waals surface area contributed by atoms with E-state index in [0.717, 1.165) is 199 Å². The Morgan fingerprint density at radius 2 is 0.457 bits per heavy atom. The molecule has 0 bridgehead atoms. The lowest BCUT2D eigenvalue weighted by molar-refractivity contribution is -0.139. The van der Waals surface area contributed by atoms with Crippen LogP contribution in [0.5, 0.6) is 0 Å². The third-order valence-corrected chi connectivity index (χ3v) is 33.6. The highest BCUT2D eigenvalue weighted by Gasteiger charge is 2.41. The molecule has 16 heterocycles. The third kappa shape index (κ3) is 20.5. The highest BCUT2D eigenvalue weighted by atomic mass is 35.5. The van der Waals surface area contributed by atoms with Gasteiger partial charge in [0.25, 0.3) is 0 Å². The maximum absolute atomic E-state index is 13.4. The largest absolute Gasteiger partial charge is 0.340 e. The Morgan fingerprint density at radius 1 is 0.271 bits per heavy atom. The highest BCUT2D eigenvalue weighted by Crippen LogP contribution is 2.46. The molecular formula is C102H116Cl4N24O6S4. The van der Waals surface area contributed by atoms with Gasteiger partial charge in [-0.3, -0.25) is 67.0 Å². The number of thiophene rings is 4. The van der Waals surface area contributed by atoms with Gasteiger partial charge in [-0.25, -0.2) is 0 Å². The molecule has 140 heavy (non-hydrogen) atoms. The zero-order valence-corrected chi connectivity index (χ0v) is 88.1. The van der Waals surface area contributed by atoms with Crippen molar-refractivity contribution in [2.75, 3.05) is 118 Å². The molecule has 732 valence electrons. The number of nitrogens with zero attached hydrogens (tertiary/aromatic N) is 24. The lowest BCUT2D eigenvalue weighted by atomic mass is 9.99. The summed E-state index contributed by atoms with van der Waals surface area (Å²) < 4.78 is 8.31. The molecule has 12 aromatic rings. The number of likely N-dealkylation sites (N-methyl/N-ethyl adjacent to an activating group) is 2.